The zero-order valence-corrected chi connectivity index (χ0v) is 17.5. The number of hydrogen-bond donors (Lipinski definition) is 1. The fraction of sp³-hybridized carbons (Fsp3) is 0.435. The van der Waals surface area contributed by atoms with Crippen molar-refractivity contribution in [3.63, 3.8) is 0 Å². The molecule has 0 amide bonds. The van der Waals surface area contributed by atoms with E-state index >= 15 is 0 Å². The van der Waals surface area contributed by atoms with Crippen molar-refractivity contribution in [3.05, 3.63) is 35.8 Å². The Morgan fingerprint density at radius 2 is 2.23 bits per heavy atom. The van der Waals surface area contributed by atoms with E-state index in [9.17, 15) is 5.26 Å². The molecule has 3 heterocycles. The molecule has 2 aliphatic rings. The molecule has 8 heteroatoms. The SMILES string of the molecule is C[C@@H]1CC(n2c(CN=CC(=NN)C3CC3)nc3cnc4ccc(C#N)cc4c32)CCO1. The highest BCUT2D eigenvalue weighted by atomic mass is 16.5. The summed E-state index contributed by atoms with van der Waals surface area (Å²) in [6.07, 6.45) is 7.85. The Balaban J connectivity index is 1.63. The molecule has 8 nitrogen and oxygen atoms in total. The van der Waals surface area contributed by atoms with Crippen molar-refractivity contribution in [2.75, 3.05) is 6.61 Å². The second kappa shape index (κ2) is 8.08. The summed E-state index contributed by atoms with van der Waals surface area (Å²) in [6, 6.07) is 8.10. The van der Waals surface area contributed by atoms with Crippen molar-refractivity contribution in [1.29, 1.82) is 5.26 Å². The number of pyridine rings is 1. The Morgan fingerprint density at radius 1 is 1.35 bits per heavy atom. The van der Waals surface area contributed by atoms with Gasteiger partial charge in [0.05, 0.1) is 47.2 Å². The number of nitrogens with two attached hydrogens (primary N) is 1. The van der Waals surface area contributed by atoms with Gasteiger partial charge in [0.25, 0.3) is 0 Å². The maximum atomic E-state index is 9.42. The van der Waals surface area contributed by atoms with Gasteiger partial charge in [0, 0.05) is 30.2 Å². The van der Waals surface area contributed by atoms with Crippen LogP contribution < -0.4 is 5.84 Å². The summed E-state index contributed by atoms with van der Waals surface area (Å²) in [7, 11) is 0. The van der Waals surface area contributed by atoms with E-state index in [-0.39, 0.29) is 12.1 Å². The monoisotopic (exact) mass is 415 g/mol. The van der Waals surface area contributed by atoms with Gasteiger partial charge in [-0.2, -0.15) is 10.4 Å². The van der Waals surface area contributed by atoms with Crippen LogP contribution in [-0.4, -0.2) is 39.2 Å². The molecule has 2 aromatic heterocycles. The van der Waals surface area contributed by atoms with E-state index in [4.69, 9.17) is 15.6 Å². The first-order chi connectivity index (χ1) is 15.2. The Hall–Kier alpha value is -3.31. The average Bonchev–Trinajstić information content (AvgIpc) is 3.56. The van der Waals surface area contributed by atoms with Crippen molar-refractivity contribution in [3.8, 4) is 6.07 Å². The quantitative estimate of drug-likeness (QED) is 0.389. The van der Waals surface area contributed by atoms with E-state index in [0.29, 0.717) is 24.6 Å². The van der Waals surface area contributed by atoms with Crippen LogP contribution in [0.2, 0.25) is 0 Å². The van der Waals surface area contributed by atoms with Gasteiger partial charge in [-0.1, -0.05) is 0 Å². The summed E-state index contributed by atoms with van der Waals surface area (Å²) < 4.78 is 8.09. The third-order valence-electron chi connectivity index (χ3n) is 6.14. The number of hydrazone groups is 1. The molecule has 1 saturated heterocycles. The molecule has 2 N–H and O–H groups in total. The molecule has 158 valence electrons. The Morgan fingerprint density at radius 3 is 2.97 bits per heavy atom. The van der Waals surface area contributed by atoms with Crippen LogP contribution in [0.4, 0.5) is 0 Å². The number of aliphatic imine (C=N–C) groups is 1. The lowest BCUT2D eigenvalue weighted by Crippen LogP contribution is -2.26. The number of imidazole rings is 1. The molecule has 1 aromatic carbocycles. The van der Waals surface area contributed by atoms with Gasteiger partial charge >= 0.3 is 0 Å². The standard InChI is InChI=1S/C23H25N7O/c1-14-8-17(6-7-31-14)30-22(13-26-11-20(29-25)16-3-4-16)28-21-12-27-19-5-2-15(10-24)9-18(19)23(21)30/h2,5,9,11-12,14,16-17H,3-4,6-8,13,25H2,1H3/t14-,17?/m1/s1. The van der Waals surface area contributed by atoms with Crippen LogP contribution in [0.3, 0.4) is 0 Å². The number of fused-ring (bicyclic) bond motifs is 3. The van der Waals surface area contributed by atoms with Crippen molar-refractivity contribution >= 4 is 33.9 Å². The largest absolute Gasteiger partial charge is 0.378 e. The van der Waals surface area contributed by atoms with E-state index in [0.717, 1.165) is 59.2 Å². The predicted molar refractivity (Wildman–Crippen MR) is 120 cm³/mol. The van der Waals surface area contributed by atoms with E-state index in [1.165, 1.54) is 0 Å². The molecule has 1 aliphatic heterocycles. The highest BCUT2D eigenvalue weighted by Gasteiger charge is 2.27. The van der Waals surface area contributed by atoms with Gasteiger partial charge in [0.15, 0.2) is 0 Å². The zero-order valence-electron chi connectivity index (χ0n) is 17.5. The maximum Gasteiger partial charge on any atom is 0.131 e. The van der Waals surface area contributed by atoms with E-state index in [1.54, 1.807) is 12.3 Å². The van der Waals surface area contributed by atoms with Gasteiger partial charge < -0.3 is 15.1 Å². The Kier molecular flexibility index (Phi) is 5.12. The first-order valence-electron chi connectivity index (χ1n) is 10.8. The van der Waals surface area contributed by atoms with Crippen molar-refractivity contribution in [1.82, 2.24) is 14.5 Å². The summed E-state index contributed by atoms with van der Waals surface area (Å²) in [6.45, 7) is 3.26. The smallest absolute Gasteiger partial charge is 0.131 e. The van der Waals surface area contributed by atoms with Gasteiger partial charge in [0.1, 0.15) is 11.3 Å². The maximum absolute atomic E-state index is 9.42. The van der Waals surface area contributed by atoms with Gasteiger partial charge in [-0.3, -0.25) is 9.98 Å². The van der Waals surface area contributed by atoms with Crippen LogP contribution in [0.1, 0.15) is 50.0 Å². The zero-order chi connectivity index (χ0) is 21.4. The van der Waals surface area contributed by atoms with Gasteiger partial charge in [-0.25, -0.2) is 4.98 Å². The number of nitrogens with zero attached hydrogens (tertiary/aromatic N) is 6. The van der Waals surface area contributed by atoms with Crippen LogP contribution in [0.25, 0.3) is 21.9 Å². The van der Waals surface area contributed by atoms with E-state index < -0.39 is 0 Å². The van der Waals surface area contributed by atoms with Gasteiger partial charge in [-0.05, 0) is 50.8 Å². The first kappa shape index (κ1) is 19.6. The van der Waals surface area contributed by atoms with Crippen LogP contribution in [-0.2, 0) is 11.3 Å². The second-order valence-electron chi connectivity index (χ2n) is 8.39. The summed E-state index contributed by atoms with van der Waals surface area (Å²) in [5, 5.41) is 14.3. The average molecular weight is 416 g/mol. The lowest BCUT2D eigenvalue weighted by Gasteiger charge is -2.30. The number of aromatic nitrogens is 3. The Bertz CT molecular complexity index is 1230. The molecule has 5 rings (SSSR count). The third kappa shape index (κ3) is 3.77. The molecule has 1 unspecified atom stereocenters. The molecule has 1 aliphatic carbocycles. The fourth-order valence-electron chi connectivity index (χ4n) is 4.45. The molecule has 0 radical (unpaired) electrons. The molecular weight excluding hydrogens is 390 g/mol. The number of nitriles is 1. The van der Waals surface area contributed by atoms with Crippen LogP contribution >= 0.6 is 0 Å². The van der Waals surface area contributed by atoms with Crippen LogP contribution in [0.15, 0.2) is 34.5 Å². The molecular formula is C23H25N7O. The number of hydrogen-bond acceptors (Lipinski definition) is 7. The van der Waals surface area contributed by atoms with E-state index in [2.05, 4.69) is 32.6 Å². The lowest BCUT2D eigenvalue weighted by molar-refractivity contribution is 0.00627. The minimum absolute atomic E-state index is 0.182. The van der Waals surface area contributed by atoms with Crippen molar-refractivity contribution in [2.24, 2.45) is 21.9 Å². The topological polar surface area (TPSA) is 114 Å². The van der Waals surface area contributed by atoms with Gasteiger partial charge in [0.2, 0.25) is 0 Å². The van der Waals surface area contributed by atoms with E-state index in [1.807, 2.05) is 18.3 Å². The molecule has 2 atom stereocenters. The first-order valence-corrected chi connectivity index (χ1v) is 10.8. The predicted octanol–water partition coefficient (Wildman–Crippen LogP) is 3.49. The van der Waals surface area contributed by atoms with Crippen LogP contribution in [0.5, 0.6) is 0 Å². The number of rotatable bonds is 5. The second-order valence-corrected chi connectivity index (χ2v) is 8.39. The van der Waals surface area contributed by atoms with Crippen LogP contribution in [0, 0.1) is 17.2 Å². The minimum atomic E-state index is 0.182. The number of ether oxygens (including phenoxy) is 1. The molecule has 0 bridgehead atoms. The van der Waals surface area contributed by atoms with Crippen molar-refractivity contribution < 1.29 is 4.74 Å². The Labute approximate surface area is 180 Å². The normalized spacial score (nSPS) is 22.4. The highest BCUT2D eigenvalue weighted by Crippen LogP contribution is 2.34. The van der Waals surface area contributed by atoms with Crippen molar-refractivity contribution in [2.45, 2.75) is 51.3 Å². The third-order valence-corrected chi connectivity index (χ3v) is 6.14. The minimum Gasteiger partial charge on any atom is -0.378 e. The molecule has 31 heavy (non-hydrogen) atoms. The molecule has 1 saturated carbocycles. The lowest BCUT2D eigenvalue weighted by atomic mass is 10.0. The summed E-state index contributed by atoms with van der Waals surface area (Å²) in [5.41, 5.74) is 4.16. The highest BCUT2D eigenvalue weighted by molar-refractivity contribution is 6.32. The fourth-order valence-corrected chi connectivity index (χ4v) is 4.45. The molecule has 0 spiro atoms. The summed E-state index contributed by atoms with van der Waals surface area (Å²) in [4.78, 5) is 14.1. The molecule has 2 fully saturated rings. The van der Waals surface area contributed by atoms with Gasteiger partial charge in [-0.15, -0.1) is 0 Å². The summed E-state index contributed by atoms with van der Waals surface area (Å²) in [5.74, 6) is 6.86. The number of benzene rings is 1. The summed E-state index contributed by atoms with van der Waals surface area (Å²) >= 11 is 0. The molecule has 3 aromatic rings.